The maximum atomic E-state index is 5.72. The van der Waals surface area contributed by atoms with Gasteiger partial charge in [-0.05, 0) is 43.6 Å². The van der Waals surface area contributed by atoms with Crippen molar-refractivity contribution in [2.75, 3.05) is 52.5 Å². The van der Waals surface area contributed by atoms with E-state index in [1.807, 2.05) is 6.07 Å². The summed E-state index contributed by atoms with van der Waals surface area (Å²) < 4.78 is 11.3. The molecule has 164 valence electrons. The molecule has 5 aliphatic heterocycles. The first-order valence-electron chi connectivity index (χ1n) is 11.8. The Morgan fingerprint density at radius 1 is 0.968 bits per heavy atom. The van der Waals surface area contributed by atoms with Gasteiger partial charge in [0, 0.05) is 44.3 Å². The molecule has 0 aliphatic carbocycles. The van der Waals surface area contributed by atoms with Gasteiger partial charge >= 0.3 is 0 Å². The lowest BCUT2D eigenvalue weighted by molar-refractivity contribution is 0.157. The predicted molar refractivity (Wildman–Crippen MR) is 121 cm³/mol. The molecule has 6 rings (SSSR count). The Morgan fingerprint density at radius 2 is 1.77 bits per heavy atom. The second-order valence-corrected chi connectivity index (χ2v) is 9.23. The van der Waals surface area contributed by atoms with Crippen LogP contribution in [0.1, 0.15) is 18.4 Å². The van der Waals surface area contributed by atoms with E-state index in [2.05, 4.69) is 56.5 Å². The molecular weight excluding hydrogens is 388 g/mol. The molecule has 6 nitrogen and oxygen atoms in total. The van der Waals surface area contributed by atoms with E-state index in [1.165, 1.54) is 49.4 Å². The number of piperidine rings is 1. The fourth-order valence-corrected chi connectivity index (χ4v) is 5.58. The third-order valence-electron chi connectivity index (χ3n) is 7.18. The van der Waals surface area contributed by atoms with Crippen LogP contribution in [0.25, 0.3) is 0 Å². The minimum Gasteiger partial charge on any atom is -0.486 e. The summed E-state index contributed by atoms with van der Waals surface area (Å²) in [5, 5.41) is 3.77. The summed E-state index contributed by atoms with van der Waals surface area (Å²) >= 11 is 0. The zero-order valence-corrected chi connectivity index (χ0v) is 18.1. The Kier molecular flexibility index (Phi) is 5.12. The van der Waals surface area contributed by atoms with Crippen molar-refractivity contribution in [2.24, 2.45) is 0 Å². The van der Waals surface area contributed by atoms with Gasteiger partial charge in [0.05, 0.1) is 6.04 Å². The molecule has 0 unspecified atom stereocenters. The van der Waals surface area contributed by atoms with Gasteiger partial charge in [-0.3, -0.25) is 0 Å². The Labute approximate surface area is 184 Å². The Hall–Kier alpha value is -2.44. The number of fused-ring (bicyclic) bond motifs is 1. The van der Waals surface area contributed by atoms with Crippen LogP contribution in [0.3, 0.4) is 0 Å². The minimum atomic E-state index is 0.593. The van der Waals surface area contributed by atoms with Gasteiger partial charge in [-0.1, -0.05) is 30.4 Å². The molecule has 0 aromatic heterocycles. The van der Waals surface area contributed by atoms with Crippen LogP contribution in [-0.2, 0) is 6.54 Å². The topological polar surface area (TPSA) is 40.2 Å². The number of ether oxygens (including phenoxy) is 2. The summed E-state index contributed by atoms with van der Waals surface area (Å²) in [6.07, 6.45) is 11.6. The molecule has 0 amide bonds. The molecule has 0 bridgehead atoms. The van der Waals surface area contributed by atoms with Gasteiger partial charge < -0.3 is 29.5 Å². The number of nitrogens with zero attached hydrogens (tertiary/aromatic N) is 3. The van der Waals surface area contributed by atoms with Crippen LogP contribution in [-0.4, -0.2) is 79.3 Å². The third-order valence-corrected chi connectivity index (χ3v) is 7.18. The van der Waals surface area contributed by atoms with Gasteiger partial charge in [0.2, 0.25) is 0 Å². The number of allylic oxidation sites excluding steroid dienone is 3. The Bertz CT molecular complexity index is 912. The lowest BCUT2D eigenvalue weighted by Gasteiger charge is -2.37. The first-order chi connectivity index (χ1) is 15.3. The lowest BCUT2D eigenvalue weighted by Crippen LogP contribution is -2.47. The highest BCUT2D eigenvalue weighted by molar-refractivity contribution is 5.44. The lowest BCUT2D eigenvalue weighted by atomic mass is 10.0. The van der Waals surface area contributed by atoms with Crippen molar-refractivity contribution in [2.45, 2.75) is 31.5 Å². The molecule has 6 heteroatoms. The minimum absolute atomic E-state index is 0.593. The quantitative estimate of drug-likeness (QED) is 0.789. The van der Waals surface area contributed by atoms with Crippen molar-refractivity contribution in [1.82, 2.24) is 20.0 Å². The molecule has 1 aromatic rings. The second kappa shape index (κ2) is 8.24. The summed E-state index contributed by atoms with van der Waals surface area (Å²) in [4.78, 5) is 7.87. The summed E-state index contributed by atoms with van der Waals surface area (Å²) in [5.41, 5.74) is 2.66. The van der Waals surface area contributed by atoms with Crippen LogP contribution in [0.4, 0.5) is 0 Å². The maximum Gasteiger partial charge on any atom is 0.161 e. The predicted octanol–water partition coefficient (Wildman–Crippen LogP) is 2.35. The number of likely N-dealkylation sites (tertiary alicyclic amines) is 1. The van der Waals surface area contributed by atoms with E-state index in [1.54, 1.807) is 0 Å². The van der Waals surface area contributed by atoms with Gasteiger partial charge in [0.25, 0.3) is 0 Å². The van der Waals surface area contributed by atoms with Gasteiger partial charge in [-0.25, -0.2) is 0 Å². The van der Waals surface area contributed by atoms with E-state index >= 15 is 0 Å². The zero-order chi connectivity index (χ0) is 20.6. The Balaban J connectivity index is 0.995. The molecule has 5 heterocycles. The maximum absolute atomic E-state index is 5.72. The van der Waals surface area contributed by atoms with Crippen molar-refractivity contribution < 1.29 is 9.47 Å². The first-order valence-corrected chi connectivity index (χ1v) is 11.8. The molecular formula is C25H32N4O2. The van der Waals surface area contributed by atoms with E-state index in [0.29, 0.717) is 25.3 Å². The molecule has 5 aliphatic rings. The van der Waals surface area contributed by atoms with E-state index in [0.717, 1.165) is 37.7 Å². The molecule has 0 saturated carbocycles. The van der Waals surface area contributed by atoms with Crippen LogP contribution in [0.5, 0.6) is 11.5 Å². The largest absolute Gasteiger partial charge is 0.486 e. The van der Waals surface area contributed by atoms with Gasteiger partial charge in [0.1, 0.15) is 19.0 Å². The molecule has 1 N–H and O–H groups in total. The second-order valence-electron chi connectivity index (χ2n) is 9.23. The SMILES string of the molecule is C1=CC2=C3N(C1)C[C@@H](CN1CCC(NCc4ccc5c(c4)OCCO5)CC1)N3CC=C2. The van der Waals surface area contributed by atoms with E-state index in [4.69, 9.17) is 9.47 Å². The molecule has 2 saturated heterocycles. The highest BCUT2D eigenvalue weighted by Gasteiger charge is 2.37. The van der Waals surface area contributed by atoms with Gasteiger partial charge in [-0.2, -0.15) is 0 Å². The summed E-state index contributed by atoms with van der Waals surface area (Å²) in [6.45, 7) is 9.00. The Morgan fingerprint density at radius 3 is 2.65 bits per heavy atom. The number of benzene rings is 1. The van der Waals surface area contributed by atoms with E-state index < -0.39 is 0 Å². The highest BCUT2D eigenvalue weighted by Crippen LogP contribution is 2.33. The van der Waals surface area contributed by atoms with Crippen molar-refractivity contribution in [3.05, 3.63) is 59.5 Å². The average molecular weight is 421 g/mol. The normalized spacial score (nSPS) is 25.4. The van der Waals surface area contributed by atoms with Crippen molar-refractivity contribution in [3.63, 3.8) is 0 Å². The highest BCUT2D eigenvalue weighted by atomic mass is 16.6. The number of hydrogen-bond acceptors (Lipinski definition) is 6. The van der Waals surface area contributed by atoms with Crippen LogP contribution in [0, 0.1) is 0 Å². The first kappa shape index (κ1) is 19.3. The van der Waals surface area contributed by atoms with Crippen molar-refractivity contribution in [1.29, 1.82) is 0 Å². The van der Waals surface area contributed by atoms with Crippen LogP contribution < -0.4 is 14.8 Å². The molecule has 2 fully saturated rings. The summed E-state index contributed by atoms with van der Waals surface area (Å²) in [7, 11) is 0. The molecule has 1 aromatic carbocycles. The molecule has 31 heavy (non-hydrogen) atoms. The fourth-order valence-electron chi connectivity index (χ4n) is 5.58. The zero-order valence-electron chi connectivity index (χ0n) is 18.1. The van der Waals surface area contributed by atoms with E-state index in [-0.39, 0.29) is 0 Å². The number of hydrogen-bond donors (Lipinski definition) is 1. The number of nitrogens with one attached hydrogen (secondary N) is 1. The van der Waals surface area contributed by atoms with Crippen molar-refractivity contribution in [3.8, 4) is 11.5 Å². The number of rotatable bonds is 5. The van der Waals surface area contributed by atoms with Gasteiger partial charge in [0.15, 0.2) is 11.5 Å². The van der Waals surface area contributed by atoms with E-state index in [9.17, 15) is 0 Å². The third kappa shape index (κ3) is 3.83. The molecule has 1 atom stereocenters. The molecule has 0 spiro atoms. The van der Waals surface area contributed by atoms with Crippen molar-refractivity contribution >= 4 is 0 Å². The van der Waals surface area contributed by atoms with Crippen LogP contribution in [0.15, 0.2) is 53.9 Å². The fraction of sp³-hybridized carbons (Fsp3) is 0.520. The molecule has 0 radical (unpaired) electrons. The average Bonchev–Trinajstić information content (AvgIpc) is 3.18. The smallest absolute Gasteiger partial charge is 0.161 e. The monoisotopic (exact) mass is 420 g/mol. The summed E-state index contributed by atoms with van der Waals surface area (Å²) in [6, 6.07) is 7.51. The van der Waals surface area contributed by atoms with Crippen LogP contribution in [0.2, 0.25) is 0 Å². The van der Waals surface area contributed by atoms with Gasteiger partial charge in [-0.15, -0.1) is 0 Å². The standard InChI is InChI=1S/C25H32N4O2/c1-3-20-4-2-10-29-22(18-28(9-1)25(20)29)17-27-11-7-21(8-12-27)26-16-19-5-6-23-24(15-19)31-14-13-30-23/h1-6,15,21-22,26H,7-14,16-18H2/t22-/m1/s1. The summed E-state index contributed by atoms with van der Waals surface area (Å²) in [5.74, 6) is 3.22. The van der Waals surface area contributed by atoms with Crippen LogP contribution >= 0.6 is 0 Å².